The summed E-state index contributed by atoms with van der Waals surface area (Å²) in [6, 6.07) is 6.47. The zero-order chi connectivity index (χ0) is 18.7. The number of aromatic hydroxyl groups is 1. The number of phenols is 1. The second-order valence-electron chi connectivity index (χ2n) is 5.48. The van der Waals surface area contributed by atoms with E-state index in [2.05, 4.69) is 10.5 Å². The Morgan fingerprint density at radius 1 is 1.08 bits per heavy atom. The molecule has 0 aliphatic heterocycles. The first kappa shape index (κ1) is 17.9. The summed E-state index contributed by atoms with van der Waals surface area (Å²) in [7, 11) is 0. The van der Waals surface area contributed by atoms with E-state index in [-0.39, 0.29) is 17.1 Å². The molecule has 0 aliphatic carbocycles. The number of hydrazone groups is 1. The third-order valence-corrected chi connectivity index (χ3v) is 3.61. The van der Waals surface area contributed by atoms with E-state index in [0.717, 1.165) is 28.8 Å². The van der Waals surface area contributed by atoms with Crippen molar-refractivity contribution in [3.05, 3.63) is 67.3 Å². The standard InChI is InChI=1S/C16H16N4O5/c1-9-6-13(21)7-10(2)16(9)11(3)17-18-14-5-4-12(19(22)23)8-15(14)20(24)25/h4-8,18,21H,1-3H3/b17-11+. The third kappa shape index (κ3) is 3.89. The number of non-ortho nitro benzene ring substituents is 1. The lowest BCUT2D eigenvalue weighted by Crippen LogP contribution is -2.05. The highest BCUT2D eigenvalue weighted by molar-refractivity contribution is 6.01. The number of phenolic OH excluding ortho intramolecular Hbond substituents is 1. The van der Waals surface area contributed by atoms with Crippen LogP contribution in [0.15, 0.2) is 35.4 Å². The summed E-state index contributed by atoms with van der Waals surface area (Å²) >= 11 is 0. The van der Waals surface area contributed by atoms with Gasteiger partial charge in [0, 0.05) is 11.6 Å². The van der Waals surface area contributed by atoms with Gasteiger partial charge in [0.25, 0.3) is 5.69 Å². The molecule has 0 unspecified atom stereocenters. The Kier molecular flexibility index (Phi) is 4.97. The fourth-order valence-corrected chi connectivity index (χ4v) is 2.59. The molecule has 0 bridgehead atoms. The first-order chi connectivity index (χ1) is 11.7. The predicted molar refractivity (Wildman–Crippen MR) is 93.2 cm³/mol. The number of hydrogen-bond acceptors (Lipinski definition) is 7. The average molecular weight is 344 g/mol. The van der Waals surface area contributed by atoms with E-state index in [4.69, 9.17) is 0 Å². The fraction of sp³-hybridized carbons (Fsp3) is 0.188. The molecule has 25 heavy (non-hydrogen) atoms. The Balaban J connectivity index is 2.39. The molecule has 9 heteroatoms. The molecule has 0 aliphatic rings. The van der Waals surface area contributed by atoms with Crippen LogP contribution in [0.1, 0.15) is 23.6 Å². The largest absolute Gasteiger partial charge is 0.508 e. The summed E-state index contributed by atoms with van der Waals surface area (Å²) in [5, 5.41) is 35.6. The fourth-order valence-electron chi connectivity index (χ4n) is 2.59. The smallest absolute Gasteiger partial charge is 0.301 e. The highest BCUT2D eigenvalue weighted by Crippen LogP contribution is 2.29. The van der Waals surface area contributed by atoms with Crippen molar-refractivity contribution in [2.24, 2.45) is 5.10 Å². The van der Waals surface area contributed by atoms with Crippen molar-refractivity contribution in [3.63, 3.8) is 0 Å². The second kappa shape index (κ2) is 6.95. The highest BCUT2D eigenvalue weighted by Gasteiger charge is 2.19. The summed E-state index contributed by atoms with van der Waals surface area (Å²) in [5.74, 6) is 0.144. The molecule has 2 rings (SSSR count). The normalized spacial score (nSPS) is 11.2. The zero-order valence-electron chi connectivity index (χ0n) is 13.8. The van der Waals surface area contributed by atoms with E-state index < -0.39 is 15.5 Å². The van der Waals surface area contributed by atoms with Crippen molar-refractivity contribution in [3.8, 4) is 5.75 Å². The van der Waals surface area contributed by atoms with Crippen molar-refractivity contribution in [2.75, 3.05) is 5.43 Å². The Morgan fingerprint density at radius 2 is 1.68 bits per heavy atom. The van der Waals surface area contributed by atoms with Gasteiger partial charge in [-0.25, -0.2) is 0 Å². The minimum atomic E-state index is -0.711. The SMILES string of the molecule is C/C(=N\Nc1ccc([N+](=O)[O-])cc1[N+](=O)[O-])c1c(C)cc(O)cc1C. The molecule has 2 N–H and O–H groups in total. The van der Waals surface area contributed by atoms with Gasteiger partial charge in [0.2, 0.25) is 0 Å². The lowest BCUT2D eigenvalue weighted by Gasteiger charge is -2.11. The molecule has 2 aromatic rings. The number of nitrogens with one attached hydrogen (secondary N) is 1. The topological polar surface area (TPSA) is 131 Å². The quantitative estimate of drug-likeness (QED) is 0.483. The van der Waals surface area contributed by atoms with Crippen molar-refractivity contribution in [1.82, 2.24) is 0 Å². The molecule has 0 aromatic heterocycles. The van der Waals surface area contributed by atoms with E-state index in [9.17, 15) is 25.3 Å². The van der Waals surface area contributed by atoms with Gasteiger partial charge in [-0.15, -0.1) is 0 Å². The third-order valence-electron chi connectivity index (χ3n) is 3.61. The van der Waals surface area contributed by atoms with Crippen molar-refractivity contribution >= 4 is 22.8 Å². The Hall–Kier alpha value is -3.49. The molecule has 0 heterocycles. The van der Waals surface area contributed by atoms with Crippen LogP contribution in [0.3, 0.4) is 0 Å². The number of nitrogens with zero attached hydrogens (tertiary/aromatic N) is 3. The lowest BCUT2D eigenvalue weighted by molar-refractivity contribution is -0.393. The van der Waals surface area contributed by atoms with E-state index in [1.54, 1.807) is 19.1 Å². The number of benzene rings is 2. The zero-order valence-corrected chi connectivity index (χ0v) is 13.8. The highest BCUT2D eigenvalue weighted by atomic mass is 16.6. The Labute approximate surface area is 142 Å². The van der Waals surface area contributed by atoms with Gasteiger partial charge in [0.15, 0.2) is 0 Å². The van der Waals surface area contributed by atoms with E-state index in [1.165, 1.54) is 6.07 Å². The Morgan fingerprint density at radius 3 is 2.20 bits per heavy atom. The second-order valence-corrected chi connectivity index (χ2v) is 5.48. The van der Waals surface area contributed by atoms with Gasteiger partial charge in [-0.1, -0.05) is 0 Å². The molecule has 0 spiro atoms. The van der Waals surface area contributed by atoms with Crippen LogP contribution in [-0.2, 0) is 0 Å². The minimum Gasteiger partial charge on any atom is -0.508 e. The van der Waals surface area contributed by atoms with Crippen LogP contribution in [0.4, 0.5) is 17.1 Å². The molecule has 0 fully saturated rings. The molecular weight excluding hydrogens is 328 g/mol. The van der Waals surface area contributed by atoms with Crippen LogP contribution in [0.2, 0.25) is 0 Å². The molecule has 130 valence electrons. The van der Waals surface area contributed by atoms with Crippen molar-refractivity contribution in [2.45, 2.75) is 20.8 Å². The molecule has 0 atom stereocenters. The number of rotatable bonds is 5. The van der Waals surface area contributed by atoms with Crippen LogP contribution in [0, 0.1) is 34.1 Å². The molecule has 0 saturated carbocycles. The van der Waals surface area contributed by atoms with Gasteiger partial charge in [0.05, 0.1) is 21.6 Å². The number of hydrogen-bond donors (Lipinski definition) is 2. The van der Waals surface area contributed by atoms with Crippen LogP contribution >= 0.6 is 0 Å². The molecule has 9 nitrogen and oxygen atoms in total. The number of anilines is 1. The van der Waals surface area contributed by atoms with Gasteiger partial charge in [-0.3, -0.25) is 25.7 Å². The van der Waals surface area contributed by atoms with Gasteiger partial charge in [-0.05, 0) is 50.1 Å². The van der Waals surface area contributed by atoms with Crippen LogP contribution < -0.4 is 5.43 Å². The molecule has 0 saturated heterocycles. The molecular formula is C16H16N4O5. The van der Waals surface area contributed by atoms with Crippen LogP contribution in [0.5, 0.6) is 5.75 Å². The monoisotopic (exact) mass is 344 g/mol. The summed E-state index contributed by atoms with van der Waals surface area (Å²) < 4.78 is 0. The van der Waals surface area contributed by atoms with Crippen molar-refractivity contribution in [1.29, 1.82) is 0 Å². The summed E-state index contributed by atoms with van der Waals surface area (Å²) in [5.41, 5.74) is 4.79. The summed E-state index contributed by atoms with van der Waals surface area (Å²) in [6.45, 7) is 5.35. The van der Waals surface area contributed by atoms with Crippen LogP contribution in [-0.4, -0.2) is 20.7 Å². The van der Waals surface area contributed by atoms with Gasteiger partial charge >= 0.3 is 5.69 Å². The maximum atomic E-state index is 11.1. The first-order valence-corrected chi connectivity index (χ1v) is 7.24. The van der Waals surface area contributed by atoms with Gasteiger partial charge in [-0.2, -0.15) is 5.10 Å². The van der Waals surface area contributed by atoms with E-state index in [0.29, 0.717) is 5.71 Å². The summed E-state index contributed by atoms with van der Waals surface area (Å²) in [4.78, 5) is 20.5. The average Bonchev–Trinajstić information content (AvgIpc) is 2.51. The number of nitro groups is 2. The maximum absolute atomic E-state index is 11.1. The minimum absolute atomic E-state index is 0.0454. The van der Waals surface area contributed by atoms with Gasteiger partial charge < -0.3 is 5.11 Å². The van der Waals surface area contributed by atoms with Crippen molar-refractivity contribution < 1.29 is 15.0 Å². The van der Waals surface area contributed by atoms with E-state index >= 15 is 0 Å². The molecule has 0 amide bonds. The number of nitro benzene ring substituents is 2. The predicted octanol–water partition coefficient (Wildman–Crippen LogP) is 3.66. The van der Waals surface area contributed by atoms with Crippen LogP contribution in [0.25, 0.3) is 0 Å². The molecule has 2 aromatic carbocycles. The number of aryl methyl sites for hydroxylation is 2. The maximum Gasteiger partial charge on any atom is 0.301 e. The van der Waals surface area contributed by atoms with Gasteiger partial charge in [0.1, 0.15) is 11.4 Å². The van der Waals surface area contributed by atoms with E-state index in [1.807, 2.05) is 13.8 Å². The molecule has 0 radical (unpaired) electrons. The lowest BCUT2D eigenvalue weighted by atomic mass is 9.99. The Bertz CT molecular complexity index is 869. The summed E-state index contributed by atoms with van der Waals surface area (Å²) in [6.07, 6.45) is 0. The first-order valence-electron chi connectivity index (χ1n) is 7.24.